The number of carbonyl (C=O) groups excluding carboxylic acids is 1. The Morgan fingerprint density at radius 3 is 2.11 bits per heavy atom. The van der Waals surface area contributed by atoms with Crippen LogP contribution in [-0.4, -0.2) is 41.5 Å². The number of hydrogen-bond acceptors (Lipinski definition) is 5. The molecular weight excluding hydrogens is 566 g/mol. The predicted octanol–water partition coefficient (Wildman–Crippen LogP) is 8.39. The molecule has 0 spiro atoms. The first-order valence-corrected chi connectivity index (χ1v) is 18.6. The molecule has 7 atom stereocenters. The van der Waals surface area contributed by atoms with Crippen molar-refractivity contribution in [2.75, 3.05) is 6.54 Å². The highest BCUT2D eigenvalue weighted by molar-refractivity contribution is 5.84. The molecule has 0 aromatic carbocycles. The summed E-state index contributed by atoms with van der Waals surface area (Å²) < 4.78 is 0. The van der Waals surface area contributed by atoms with Gasteiger partial charge in [-0.2, -0.15) is 0 Å². The number of likely N-dealkylation sites (tertiary alicyclic amines) is 1. The Labute approximate surface area is 283 Å². The lowest BCUT2D eigenvalue weighted by atomic mass is 9.70. The molecule has 1 heterocycles. The molecule has 6 heteroatoms. The Morgan fingerprint density at radius 2 is 1.57 bits per heavy atom. The highest BCUT2D eigenvalue weighted by Gasteiger charge is 2.68. The van der Waals surface area contributed by atoms with Gasteiger partial charge < -0.3 is 26.6 Å². The number of nitrogens with zero attached hydrogens (tertiary/aromatic N) is 1. The Balaban J connectivity index is 1.91. The first-order chi connectivity index (χ1) is 21.4. The van der Waals surface area contributed by atoms with Crippen LogP contribution in [0.2, 0.25) is 0 Å². The average Bonchev–Trinajstić information content (AvgIpc) is 3.29. The van der Waals surface area contributed by atoms with Gasteiger partial charge in [0.2, 0.25) is 5.91 Å². The Kier molecular flexibility index (Phi) is 12.6. The van der Waals surface area contributed by atoms with Crippen molar-refractivity contribution in [1.29, 1.82) is 0 Å². The lowest BCUT2D eigenvalue weighted by Crippen LogP contribution is -2.59. The van der Waals surface area contributed by atoms with E-state index in [2.05, 4.69) is 109 Å². The van der Waals surface area contributed by atoms with Crippen LogP contribution in [0.1, 0.15) is 133 Å². The molecule has 0 aromatic rings. The summed E-state index contributed by atoms with van der Waals surface area (Å²) in [5, 5.41) is 11.2. The van der Waals surface area contributed by atoms with Gasteiger partial charge >= 0.3 is 0 Å². The molecule has 3 rings (SSSR count). The standard InChI is InChI=1S/C40H71N5O/c1-14-20-26(4)24-32(27(5)28(6)41)42-29(7)35-34-31(39(34,11)12)25-45(35)37(46)36(40(13)22-18-17-19-23-40)44-30(8)43-33(21-15-2)38(9,10)16-3/h26,31-36,42-44H,5-8,14-25,41H2,1-4,9-13H3/t26?,31-,32?,33?,34?,35?,36?/m0/s1. The SMILES string of the molecule is C=C(NC(CCC)C(C)(C)CC)NC(C(=O)N1C[C@H]2C(C1C(=C)NC(CC(C)CCC)C(=C)C(=C)N)C2(C)C)C1(C)CCCCC1. The number of piperidine rings is 1. The fourth-order valence-electron chi connectivity index (χ4n) is 8.72. The molecule has 3 aliphatic rings. The van der Waals surface area contributed by atoms with Crippen LogP contribution in [0.25, 0.3) is 0 Å². The molecule has 2 saturated carbocycles. The highest BCUT2D eigenvalue weighted by atomic mass is 16.2. The minimum absolute atomic E-state index is 0.0596. The minimum Gasteiger partial charge on any atom is -0.399 e. The van der Waals surface area contributed by atoms with Gasteiger partial charge in [0.15, 0.2) is 0 Å². The molecule has 1 aliphatic heterocycles. The highest BCUT2D eigenvalue weighted by Crippen LogP contribution is 2.66. The van der Waals surface area contributed by atoms with E-state index in [0.29, 0.717) is 23.5 Å². The van der Waals surface area contributed by atoms with Gasteiger partial charge in [-0.1, -0.05) is 127 Å². The fraction of sp³-hybridized carbons (Fsp3) is 0.775. The Hall–Kier alpha value is -2.37. The molecule has 2 aliphatic carbocycles. The maximum absolute atomic E-state index is 15.0. The Bertz CT molecular complexity index is 1110. The molecule has 0 radical (unpaired) electrons. The Morgan fingerprint density at radius 1 is 0.957 bits per heavy atom. The maximum atomic E-state index is 15.0. The third-order valence-electron chi connectivity index (χ3n) is 12.5. The van der Waals surface area contributed by atoms with Gasteiger partial charge in [0, 0.05) is 24.0 Å². The molecular formula is C40H71N5O. The minimum atomic E-state index is -0.352. The monoisotopic (exact) mass is 638 g/mol. The van der Waals surface area contributed by atoms with Gasteiger partial charge in [0.1, 0.15) is 6.04 Å². The molecule has 6 unspecified atom stereocenters. The van der Waals surface area contributed by atoms with Crippen molar-refractivity contribution in [1.82, 2.24) is 20.9 Å². The number of carbonyl (C=O) groups is 1. The van der Waals surface area contributed by atoms with Gasteiger partial charge in [-0.3, -0.25) is 4.79 Å². The molecule has 46 heavy (non-hydrogen) atoms. The zero-order chi connectivity index (χ0) is 34.6. The lowest BCUT2D eigenvalue weighted by Gasteiger charge is -2.45. The van der Waals surface area contributed by atoms with Crippen molar-refractivity contribution in [3.8, 4) is 0 Å². The van der Waals surface area contributed by atoms with E-state index in [1.165, 1.54) is 6.42 Å². The smallest absolute Gasteiger partial charge is 0.246 e. The van der Waals surface area contributed by atoms with Crippen LogP contribution in [0, 0.1) is 34.0 Å². The second kappa shape index (κ2) is 15.2. The first kappa shape index (κ1) is 38.1. The maximum Gasteiger partial charge on any atom is 0.246 e. The quantitative estimate of drug-likeness (QED) is 0.107. The summed E-state index contributed by atoms with van der Waals surface area (Å²) in [6.07, 6.45) is 12.0. The molecule has 1 saturated heterocycles. The summed E-state index contributed by atoms with van der Waals surface area (Å²) in [6.45, 7) is 38.8. The van der Waals surface area contributed by atoms with Crippen molar-refractivity contribution >= 4 is 5.91 Å². The number of hydrogen-bond donors (Lipinski definition) is 4. The molecule has 262 valence electrons. The molecule has 0 bridgehead atoms. The number of amides is 1. The summed E-state index contributed by atoms with van der Waals surface area (Å²) in [4.78, 5) is 17.2. The van der Waals surface area contributed by atoms with E-state index < -0.39 is 0 Å². The largest absolute Gasteiger partial charge is 0.399 e. The van der Waals surface area contributed by atoms with Crippen LogP contribution in [0.3, 0.4) is 0 Å². The summed E-state index contributed by atoms with van der Waals surface area (Å²) in [5.41, 5.74) is 8.57. The van der Waals surface area contributed by atoms with Crippen molar-refractivity contribution in [2.45, 2.75) is 157 Å². The van der Waals surface area contributed by atoms with E-state index in [1.54, 1.807) is 0 Å². The lowest BCUT2D eigenvalue weighted by molar-refractivity contribution is -0.138. The van der Waals surface area contributed by atoms with E-state index in [-0.39, 0.29) is 46.3 Å². The van der Waals surface area contributed by atoms with Gasteiger partial charge in [0.25, 0.3) is 0 Å². The summed E-state index contributed by atoms with van der Waals surface area (Å²) >= 11 is 0. The molecule has 1 amide bonds. The third kappa shape index (κ3) is 8.37. The zero-order valence-electron chi connectivity index (χ0n) is 31.3. The van der Waals surface area contributed by atoms with Gasteiger partial charge in [-0.25, -0.2) is 0 Å². The number of nitrogens with two attached hydrogens (primary N) is 1. The predicted molar refractivity (Wildman–Crippen MR) is 197 cm³/mol. The van der Waals surface area contributed by atoms with E-state index in [0.717, 1.165) is 87.8 Å². The van der Waals surface area contributed by atoms with Crippen LogP contribution in [0.5, 0.6) is 0 Å². The van der Waals surface area contributed by atoms with Crippen LogP contribution in [-0.2, 0) is 4.79 Å². The second-order valence-electron chi connectivity index (χ2n) is 16.9. The van der Waals surface area contributed by atoms with E-state index >= 15 is 4.79 Å². The van der Waals surface area contributed by atoms with E-state index in [9.17, 15) is 0 Å². The number of nitrogens with one attached hydrogen (secondary N) is 3. The van der Waals surface area contributed by atoms with Crippen LogP contribution >= 0.6 is 0 Å². The van der Waals surface area contributed by atoms with Crippen LogP contribution in [0.15, 0.2) is 49.1 Å². The summed E-state index contributed by atoms with van der Waals surface area (Å²) in [7, 11) is 0. The second-order valence-corrected chi connectivity index (χ2v) is 16.9. The average molecular weight is 638 g/mol. The van der Waals surface area contributed by atoms with Gasteiger partial charge in [-0.05, 0) is 71.7 Å². The van der Waals surface area contributed by atoms with E-state index in [1.807, 2.05) is 0 Å². The van der Waals surface area contributed by atoms with Crippen molar-refractivity contribution in [3.05, 3.63) is 49.1 Å². The molecule has 3 fully saturated rings. The van der Waals surface area contributed by atoms with Crippen molar-refractivity contribution in [2.24, 2.45) is 39.7 Å². The normalized spacial score (nSPS) is 25.8. The van der Waals surface area contributed by atoms with Crippen LogP contribution in [0.4, 0.5) is 0 Å². The molecule has 5 N–H and O–H groups in total. The van der Waals surface area contributed by atoms with Crippen molar-refractivity contribution in [3.63, 3.8) is 0 Å². The first-order valence-electron chi connectivity index (χ1n) is 18.6. The zero-order valence-corrected chi connectivity index (χ0v) is 31.3. The van der Waals surface area contributed by atoms with Gasteiger partial charge in [-0.15, -0.1) is 0 Å². The molecule has 0 aromatic heterocycles. The summed E-state index contributed by atoms with van der Waals surface area (Å²) in [5.74, 6) is 2.30. The van der Waals surface area contributed by atoms with Gasteiger partial charge in [0.05, 0.1) is 17.9 Å². The summed E-state index contributed by atoms with van der Waals surface area (Å²) in [6, 6.07) is -0.211. The molecule has 6 nitrogen and oxygen atoms in total. The topological polar surface area (TPSA) is 82.4 Å². The fourth-order valence-corrected chi connectivity index (χ4v) is 8.72. The number of rotatable bonds is 19. The third-order valence-corrected chi connectivity index (χ3v) is 12.5. The number of fused-ring (bicyclic) bond motifs is 1. The van der Waals surface area contributed by atoms with E-state index in [4.69, 9.17) is 5.73 Å². The van der Waals surface area contributed by atoms with Crippen molar-refractivity contribution < 1.29 is 4.79 Å². The van der Waals surface area contributed by atoms with Crippen LogP contribution < -0.4 is 21.7 Å².